The van der Waals surface area contributed by atoms with Crippen LogP contribution in [-0.2, 0) is 11.2 Å². The molecule has 0 spiro atoms. The molecule has 1 amide bonds. The van der Waals surface area contributed by atoms with E-state index >= 15 is 0 Å². The van der Waals surface area contributed by atoms with Gasteiger partial charge >= 0.3 is 0 Å². The number of amides is 1. The topological polar surface area (TPSA) is 92.6 Å². The minimum Gasteiger partial charge on any atom is -0.464 e. The molecule has 1 saturated heterocycles. The van der Waals surface area contributed by atoms with E-state index in [9.17, 15) is 9.90 Å². The molecule has 0 aliphatic carbocycles. The molecule has 7 nitrogen and oxygen atoms in total. The number of likely N-dealkylation sites (tertiary alicyclic amines) is 1. The van der Waals surface area contributed by atoms with Crippen LogP contribution in [0.5, 0.6) is 0 Å². The molecule has 2 aromatic heterocycles. The second kappa shape index (κ2) is 5.76. The predicted molar refractivity (Wildman–Crippen MR) is 84.0 cm³/mol. The number of para-hydroxylation sites is 1. The summed E-state index contributed by atoms with van der Waals surface area (Å²) >= 11 is 0. The average molecular weight is 327 g/mol. The minimum atomic E-state index is -0.591. The largest absolute Gasteiger partial charge is 0.464 e. The van der Waals surface area contributed by atoms with Gasteiger partial charge in [-0.1, -0.05) is 23.4 Å². The lowest BCUT2D eigenvalue weighted by Crippen LogP contribution is -2.33. The van der Waals surface area contributed by atoms with Crippen molar-refractivity contribution in [2.45, 2.75) is 31.9 Å². The van der Waals surface area contributed by atoms with E-state index in [1.165, 1.54) is 0 Å². The van der Waals surface area contributed by atoms with Crippen molar-refractivity contribution in [2.24, 2.45) is 0 Å². The summed E-state index contributed by atoms with van der Waals surface area (Å²) in [6, 6.07) is 7.22. The molecule has 24 heavy (non-hydrogen) atoms. The van der Waals surface area contributed by atoms with Gasteiger partial charge in [-0.3, -0.25) is 4.79 Å². The summed E-state index contributed by atoms with van der Waals surface area (Å²) in [5.41, 5.74) is 1.59. The quantitative estimate of drug-likeness (QED) is 0.791. The van der Waals surface area contributed by atoms with Gasteiger partial charge in [-0.05, 0) is 13.0 Å². The number of β-amino-alcohol motifs (C(OH)–C–C–N with tert-alkyl or cyclic N) is 1. The molecule has 1 aliphatic heterocycles. The van der Waals surface area contributed by atoms with E-state index in [-0.39, 0.29) is 24.9 Å². The molecule has 4 rings (SSSR count). The van der Waals surface area contributed by atoms with Gasteiger partial charge < -0.3 is 18.9 Å². The lowest BCUT2D eigenvalue weighted by atomic mass is 10.1. The fraction of sp³-hybridized carbons (Fsp3) is 0.353. The van der Waals surface area contributed by atoms with E-state index in [0.29, 0.717) is 18.1 Å². The van der Waals surface area contributed by atoms with Gasteiger partial charge in [-0.25, -0.2) is 0 Å². The van der Waals surface area contributed by atoms with Crippen molar-refractivity contribution in [3.05, 3.63) is 47.8 Å². The number of rotatable bonds is 3. The van der Waals surface area contributed by atoms with Crippen LogP contribution in [0, 0.1) is 6.92 Å². The molecule has 0 radical (unpaired) electrons. The van der Waals surface area contributed by atoms with E-state index in [4.69, 9.17) is 8.94 Å². The third-order valence-corrected chi connectivity index (χ3v) is 4.33. The minimum absolute atomic E-state index is 0.0982. The van der Waals surface area contributed by atoms with Gasteiger partial charge in [-0.15, -0.1) is 0 Å². The molecule has 0 saturated carbocycles. The van der Waals surface area contributed by atoms with Crippen LogP contribution < -0.4 is 0 Å². The Balaban J connectivity index is 1.58. The van der Waals surface area contributed by atoms with Crippen LogP contribution in [0.2, 0.25) is 0 Å². The summed E-state index contributed by atoms with van der Waals surface area (Å²) in [5.74, 6) is 0.785. The Morgan fingerprint density at radius 2 is 2.25 bits per heavy atom. The van der Waals surface area contributed by atoms with Gasteiger partial charge in [0.15, 0.2) is 5.82 Å². The molecule has 0 bridgehead atoms. The number of carbonyl (C=O) groups is 1. The van der Waals surface area contributed by atoms with E-state index in [2.05, 4.69) is 10.1 Å². The smallest absolute Gasteiger partial charge is 0.249 e. The Kier molecular flexibility index (Phi) is 3.57. The molecule has 1 aromatic carbocycles. The Bertz CT molecular complexity index is 885. The first-order valence-electron chi connectivity index (χ1n) is 7.84. The van der Waals surface area contributed by atoms with E-state index < -0.39 is 6.10 Å². The highest BCUT2D eigenvalue weighted by atomic mass is 16.5. The van der Waals surface area contributed by atoms with Gasteiger partial charge in [0.25, 0.3) is 0 Å². The molecule has 124 valence electrons. The third kappa shape index (κ3) is 2.56. The molecule has 1 fully saturated rings. The van der Waals surface area contributed by atoms with Crippen molar-refractivity contribution in [1.82, 2.24) is 15.0 Å². The molecule has 7 heteroatoms. The standard InChI is InChI=1S/C17H17N3O4/c1-10-18-17(24-19-10)14-7-12(21)8-20(14)16(22)6-11-9-23-15-5-3-2-4-13(11)15/h2-5,9,12,14,21H,6-8H2,1H3/t12-,14-/m1/s1. The number of nitrogens with zero attached hydrogens (tertiary/aromatic N) is 3. The zero-order chi connectivity index (χ0) is 16.7. The lowest BCUT2D eigenvalue weighted by Gasteiger charge is -2.21. The van der Waals surface area contributed by atoms with Gasteiger partial charge in [0, 0.05) is 23.9 Å². The predicted octanol–water partition coefficient (Wildman–Crippen LogP) is 2.00. The van der Waals surface area contributed by atoms with Crippen LogP contribution in [0.4, 0.5) is 0 Å². The van der Waals surface area contributed by atoms with Crippen molar-refractivity contribution in [3.63, 3.8) is 0 Å². The zero-order valence-corrected chi connectivity index (χ0v) is 13.2. The summed E-state index contributed by atoms with van der Waals surface area (Å²) in [5, 5.41) is 14.7. The number of benzene rings is 1. The number of carbonyl (C=O) groups excluding carboxylic acids is 1. The first-order chi connectivity index (χ1) is 11.6. The van der Waals surface area contributed by atoms with Crippen LogP contribution in [0.1, 0.15) is 29.7 Å². The molecule has 2 atom stereocenters. The number of aliphatic hydroxyl groups excluding tert-OH is 1. The molecular formula is C17H17N3O4. The number of furan rings is 1. The molecule has 1 N–H and O–H groups in total. The Morgan fingerprint density at radius 3 is 3.04 bits per heavy atom. The van der Waals surface area contributed by atoms with Crippen molar-refractivity contribution in [1.29, 1.82) is 0 Å². The Hall–Kier alpha value is -2.67. The van der Waals surface area contributed by atoms with Gasteiger partial charge in [0.05, 0.1) is 18.8 Å². The normalized spacial score (nSPS) is 20.8. The first-order valence-corrected chi connectivity index (χ1v) is 7.84. The van der Waals surface area contributed by atoms with Crippen molar-refractivity contribution in [2.75, 3.05) is 6.54 Å². The molecule has 0 unspecified atom stereocenters. The maximum Gasteiger partial charge on any atom is 0.249 e. The summed E-state index contributed by atoms with van der Waals surface area (Å²) in [6.07, 6.45) is 1.63. The second-order valence-corrected chi connectivity index (χ2v) is 6.07. The summed E-state index contributed by atoms with van der Waals surface area (Å²) in [6.45, 7) is 1.99. The van der Waals surface area contributed by atoms with Crippen LogP contribution in [-0.4, -0.2) is 38.7 Å². The molecular weight excluding hydrogens is 310 g/mol. The Morgan fingerprint density at radius 1 is 1.42 bits per heavy atom. The van der Waals surface area contributed by atoms with E-state index in [1.54, 1.807) is 18.1 Å². The average Bonchev–Trinajstić information content (AvgIpc) is 3.26. The molecule has 3 heterocycles. The first kappa shape index (κ1) is 14.9. The highest BCUT2D eigenvalue weighted by Crippen LogP contribution is 2.32. The van der Waals surface area contributed by atoms with Gasteiger partial charge in [-0.2, -0.15) is 4.98 Å². The van der Waals surface area contributed by atoms with Crippen LogP contribution in [0.15, 0.2) is 39.5 Å². The summed E-state index contributed by atoms with van der Waals surface area (Å²) in [4.78, 5) is 18.6. The molecule has 1 aliphatic rings. The van der Waals surface area contributed by atoms with Crippen LogP contribution in [0.3, 0.4) is 0 Å². The monoisotopic (exact) mass is 327 g/mol. The Labute approximate surface area is 137 Å². The fourth-order valence-electron chi connectivity index (χ4n) is 3.21. The maximum absolute atomic E-state index is 12.8. The summed E-state index contributed by atoms with van der Waals surface area (Å²) < 4.78 is 10.7. The number of aryl methyl sites for hydroxylation is 1. The fourth-order valence-corrected chi connectivity index (χ4v) is 3.21. The number of hydrogen-bond donors (Lipinski definition) is 1. The molecule has 3 aromatic rings. The van der Waals surface area contributed by atoms with E-state index in [0.717, 1.165) is 16.5 Å². The zero-order valence-electron chi connectivity index (χ0n) is 13.2. The number of aliphatic hydroxyl groups is 1. The van der Waals surface area contributed by atoms with E-state index in [1.807, 2.05) is 24.3 Å². The van der Waals surface area contributed by atoms with Crippen LogP contribution in [0.25, 0.3) is 11.0 Å². The van der Waals surface area contributed by atoms with Gasteiger partial charge in [0.2, 0.25) is 11.8 Å². The summed E-state index contributed by atoms with van der Waals surface area (Å²) in [7, 11) is 0. The second-order valence-electron chi connectivity index (χ2n) is 6.07. The SMILES string of the molecule is Cc1noc([C@H]2C[C@@H](O)CN2C(=O)Cc2coc3ccccc23)n1. The maximum atomic E-state index is 12.8. The number of hydrogen-bond acceptors (Lipinski definition) is 6. The van der Waals surface area contributed by atoms with Crippen LogP contribution >= 0.6 is 0 Å². The van der Waals surface area contributed by atoms with Crippen molar-refractivity contribution in [3.8, 4) is 0 Å². The highest BCUT2D eigenvalue weighted by Gasteiger charge is 2.38. The number of fused-ring (bicyclic) bond motifs is 1. The van der Waals surface area contributed by atoms with Crippen molar-refractivity contribution < 1.29 is 18.8 Å². The van der Waals surface area contributed by atoms with Gasteiger partial charge in [0.1, 0.15) is 11.6 Å². The highest BCUT2D eigenvalue weighted by molar-refractivity contribution is 5.87. The third-order valence-electron chi connectivity index (χ3n) is 4.33. The van der Waals surface area contributed by atoms with Crippen molar-refractivity contribution >= 4 is 16.9 Å². The number of aromatic nitrogens is 2. The lowest BCUT2D eigenvalue weighted by molar-refractivity contribution is -0.132.